The van der Waals surface area contributed by atoms with Crippen LogP contribution in [0.2, 0.25) is 0 Å². The predicted octanol–water partition coefficient (Wildman–Crippen LogP) is 3.35. The van der Waals surface area contributed by atoms with E-state index in [2.05, 4.69) is 61.9 Å². The van der Waals surface area contributed by atoms with Crippen molar-refractivity contribution >= 4 is 23.4 Å². The first kappa shape index (κ1) is 24.9. The van der Waals surface area contributed by atoms with Crippen molar-refractivity contribution in [3.63, 3.8) is 0 Å². The van der Waals surface area contributed by atoms with Gasteiger partial charge >= 0.3 is 0 Å². The molecule has 194 valence electrons. The molecule has 1 unspecified atom stereocenters. The van der Waals surface area contributed by atoms with Gasteiger partial charge in [-0.05, 0) is 70.7 Å². The molecule has 2 aliphatic carbocycles. The summed E-state index contributed by atoms with van der Waals surface area (Å²) in [6.45, 7) is 4.56. The lowest BCUT2D eigenvalue weighted by Crippen LogP contribution is -2.35. The van der Waals surface area contributed by atoms with Gasteiger partial charge in [0, 0.05) is 56.4 Å². The van der Waals surface area contributed by atoms with Crippen molar-refractivity contribution in [2.45, 2.75) is 63.5 Å². The highest BCUT2D eigenvalue weighted by molar-refractivity contribution is 5.79. The maximum atomic E-state index is 12.0. The second kappa shape index (κ2) is 11.5. The molecule has 2 aromatic rings. The molecular weight excluding hydrogens is 452 g/mol. The molecule has 9 nitrogen and oxygen atoms in total. The SMILES string of the molecule is CN(C)C1CCN(Cc2ccc(Nc3ncc(C4CC4)c(NCCCNC(=O)C4CCC4)n3)cn2)C1. The number of nitrogens with zero attached hydrogens (tertiary/aromatic N) is 5. The van der Waals surface area contributed by atoms with Crippen LogP contribution in [0, 0.1) is 5.92 Å². The van der Waals surface area contributed by atoms with Crippen molar-refractivity contribution in [3.8, 4) is 0 Å². The standard InChI is InChI=1S/C27H40N8O/c1-34(2)23-11-14-35(18-23)17-22-10-9-21(15-30-22)32-27-31-16-24(19-7-8-19)25(33-27)28-12-4-13-29-26(36)20-5-3-6-20/h9-10,15-16,19-20,23H,3-8,11-14,17-18H2,1-2H3,(H,29,36)(H2,28,31,32,33). The summed E-state index contributed by atoms with van der Waals surface area (Å²) in [7, 11) is 4.31. The Morgan fingerprint density at radius 1 is 1.08 bits per heavy atom. The number of pyridine rings is 1. The second-order valence-electron chi connectivity index (χ2n) is 10.8. The first-order chi connectivity index (χ1) is 17.5. The molecule has 3 aliphatic rings. The topological polar surface area (TPSA) is 98.3 Å². The Balaban J connectivity index is 1.12. The fourth-order valence-electron chi connectivity index (χ4n) is 4.94. The number of anilines is 3. The normalized spacial score (nSPS) is 20.4. The zero-order valence-corrected chi connectivity index (χ0v) is 21.7. The minimum absolute atomic E-state index is 0.214. The lowest BCUT2D eigenvalue weighted by Gasteiger charge is -2.24. The highest BCUT2D eigenvalue weighted by Gasteiger charge is 2.28. The third kappa shape index (κ3) is 6.50. The first-order valence-corrected chi connectivity index (χ1v) is 13.5. The van der Waals surface area contributed by atoms with Crippen LogP contribution in [0.4, 0.5) is 17.5 Å². The number of likely N-dealkylation sites (tertiary alicyclic amines) is 1. The lowest BCUT2D eigenvalue weighted by atomic mass is 9.85. The number of carbonyl (C=O) groups is 1. The van der Waals surface area contributed by atoms with Crippen molar-refractivity contribution < 1.29 is 4.79 Å². The molecule has 9 heteroatoms. The Bertz CT molecular complexity index is 1020. The predicted molar refractivity (Wildman–Crippen MR) is 142 cm³/mol. The molecule has 2 aromatic heterocycles. The molecule has 1 atom stereocenters. The Labute approximate surface area is 214 Å². The van der Waals surface area contributed by atoms with Crippen LogP contribution in [-0.2, 0) is 11.3 Å². The Kier molecular flexibility index (Phi) is 7.96. The average molecular weight is 493 g/mol. The number of nitrogens with one attached hydrogen (secondary N) is 3. The zero-order chi connectivity index (χ0) is 24.9. The fourth-order valence-corrected chi connectivity index (χ4v) is 4.94. The number of hydrogen-bond donors (Lipinski definition) is 3. The van der Waals surface area contributed by atoms with E-state index in [0.717, 1.165) is 62.6 Å². The van der Waals surface area contributed by atoms with Gasteiger partial charge in [0.15, 0.2) is 0 Å². The van der Waals surface area contributed by atoms with Gasteiger partial charge in [0.05, 0.1) is 17.6 Å². The molecule has 36 heavy (non-hydrogen) atoms. The van der Waals surface area contributed by atoms with E-state index in [1.54, 1.807) is 0 Å². The minimum Gasteiger partial charge on any atom is -0.370 e. The third-order valence-electron chi connectivity index (χ3n) is 7.70. The maximum absolute atomic E-state index is 12.0. The molecule has 1 aliphatic heterocycles. The van der Waals surface area contributed by atoms with Gasteiger partial charge in [0.2, 0.25) is 11.9 Å². The van der Waals surface area contributed by atoms with Crippen LogP contribution >= 0.6 is 0 Å². The van der Waals surface area contributed by atoms with Crippen molar-refractivity contribution in [2.24, 2.45) is 5.92 Å². The van der Waals surface area contributed by atoms with Gasteiger partial charge in [0.1, 0.15) is 5.82 Å². The molecule has 0 spiro atoms. The molecule has 1 saturated heterocycles. The molecule has 3 N–H and O–H groups in total. The molecule has 2 saturated carbocycles. The van der Waals surface area contributed by atoms with Crippen LogP contribution in [0.3, 0.4) is 0 Å². The van der Waals surface area contributed by atoms with Gasteiger partial charge in [-0.2, -0.15) is 4.98 Å². The quantitative estimate of drug-likeness (QED) is 0.388. The molecule has 0 bridgehead atoms. The largest absolute Gasteiger partial charge is 0.370 e. The number of hydrogen-bond acceptors (Lipinski definition) is 8. The number of aromatic nitrogens is 3. The van der Waals surface area contributed by atoms with E-state index in [1.807, 2.05) is 12.4 Å². The van der Waals surface area contributed by atoms with Crippen molar-refractivity contribution in [1.82, 2.24) is 30.1 Å². The van der Waals surface area contributed by atoms with Crippen molar-refractivity contribution in [1.29, 1.82) is 0 Å². The van der Waals surface area contributed by atoms with Gasteiger partial charge in [-0.1, -0.05) is 6.42 Å². The van der Waals surface area contributed by atoms with Crippen molar-refractivity contribution in [3.05, 3.63) is 35.8 Å². The van der Waals surface area contributed by atoms with E-state index < -0.39 is 0 Å². The highest BCUT2D eigenvalue weighted by atomic mass is 16.1. The van der Waals surface area contributed by atoms with Crippen LogP contribution in [0.1, 0.15) is 62.1 Å². The first-order valence-electron chi connectivity index (χ1n) is 13.5. The van der Waals surface area contributed by atoms with Crippen molar-refractivity contribution in [2.75, 3.05) is 50.9 Å². The molecule has 0 aromatic carbocycles. The average Bonchev–Trinajstić information content (AvgIpc) is 3.56. The van der Waals surface area contributed by atoms with Crippen LogP contribution in [0.5, 0.6) is 0 Å². The summed E-state index contributed by atoms with van der Waals surface area (Å²) in [5.41, 5.74) is 3.15. The Morgan fingerprint density at radius 2 is 1.94 bits per heavy atom. The van der Waals surface area contributed by atoms with Gasteiger partial charge in [-0.15, -0.1) is 0 Å². The van der Waals surface area contributed by atoms with E-state index in [-0.39, 0.29) is 11.8 Å². The Hall–Kier alpha value is -2.78. The monoisotopic (exact) mass is 492 g/mol. The van der Waals surface area contributed by atoms with E-state index in [9.17, 15) is 4.79 Å². The summed E-state index contributed by atoms with van der Waals surface area (Å²) >= 11 is 0. The molecular formula is C27H40N8O. The molecule has 3 fully saturated rings. The van der Waals surface area contributed by atoms with Crippen LogP contribution in [0.15, 0.2) is 24.5 Å². The van der Waals surface area contributed by atoms with Gasteiger partial charge < -0.3 is 20.9 Å². The fraction of sp³-hybridized carbons (Fsp3) is 0.630. The number of amides is 1. The molecule has 1 amide bonds. The molecule has 3 heterocycles. The second-order valence-corrected chi connectivity index (χ2v) is 10.8. The highest BCUT2D eigenvalue weighted by Crippen LogP contribution is 2.42. The van der Waals surface area contributed by atoms with Crippen LogP contribution in [0.25, 0.3) is 0 Å². The smallest absolute Gasteiger partial charge is 0.229 e. The minimum atomic E-state index is 0.214. The third-order valence-corrected chi connectivity index (χ3v) is 7.70. The van der Waals surface area contributed by atoms with Gasteiger partial charge in [-0.3, -0.25) is 14.7 Å². The summed E-state index contributed by atoms with van der Waals surface area (Å²) in [6.07, 6.45) is 11.6. The van der Waals surface area contributed by atoms with Crippen LogP contribution in [-0.4, -0.2) is 77.0 Å². The molecule has 0 radical (unpaired) electrons. The summed E-state index contributed by atoms with van der Waals surface area (Å²) in [4.78, 5) is 30.8. The summed E-state index contributed by atoms with van der Waals surface area (Å²) in [5, 5.41) is 9.86. The van der Waals surface area contributed by atoms with Gasteiger partial charge in [-0.25, -0.2) is 4.98 Å². The summed E-state index contributed by atoms with van der Waals surface area (Å²) in [5.74, 6) is 2.48. The molecule has 5 rings (SSSR count). The van der Waals surface area contributed by atoms with E-state index in [4.69, 9.17) is 4.98 Å². The number of carbonyl (C=O) groups excluding carboxylic acids is 1. The lowest BCUT2D eigenvalue weighted by molar-refractivity contribution is -0.127. The van der Waals surface area contributed by atoms with E-state index >= 15 is 0 Å². The summed E-state index contributed by atoms with van der Waals surface area (Å²) < 4.78 is 0. The van der Waals surface area contributed by atoms with E-state index in [0.29, 0.717) is 24.5 Å². The van der Waals surface area contributed by atoms with E-state index in [1.165, 1.54) is 31.2 Å². The summed E-state index contributed by atoms with van der Waals surface area (Å²) in [6, 6.07) is 4.77. The zero-order valence-electron chi connectivity index (χ0n) is 21.7. The van der Waals surface area contributed by atoms with Gasteiger partial charge in [0.25, 0.3) is 0 Å². The van der Waals surface area contributed by atoms with Crippen LogP contribution < -0.4 is 16.0 Å². The maximum Gasteiger partial charge on any atom is 0.229 e. The Morgan fingerprint density at radius 3 is 2.61 bits per heavy atom. The number of rotatable bonds is 12. The number of likely N-dealkylation sites (N-methyl/N-ethyl adjacent to an activating group) is 1.